The van der Waals surface area contributed by atoms with Crippen LogP contribution in [0.3, 0.4) is 0 Å². The van der Waals surface area contributed by atoms with E-state index in [9.17, 15) is 0 Å². The van der Waals surface area contributed by atoms with E-state index in [-0.39, 0.29) is 0 Å². The van der Waals surface area contributed by atoms with E-state index in [1.54, 1.807) is 6.20 Å². The second-order valence-electron chi connectivity index (χ2n) is 4.21. The van der Waals surface area contributed by atoms with Crippen molar-refractivity contribution in [2.24, 2.45) is 0 Å². The van der Waals surface area contributed by atoms with Crippen LogP contribution in [0.2, 0.25) is 0 Å². The van der Waals surface area contributed by atoms with E-state index in [1.807, 2.05) is 19.2 Å². The number of aromatic nitrogens is 4. The Morgan fingerprint density at radius 2 is 2.11 bits per heavy atom. The first-order valence-electron chi connectivity index (χ1n) is 6.36. The zero-order valence-electron chi connectivity index (χ0n) is 11.2. The second-order valence-corrected chi connectivity index (χ2v) is 4.21. The third kappa shape index (κ3) is 3.87. The van der Waals surface area contributed by atoms with Crippen LogP contribution in [0.25, 0.3) is 0 Å². The van der Waals surface area contributed by atoms with Crippen molar-refractivity contribution in [3.05, 3.63) is 36.0 Å². The molecule has 0 radical (unpaired) electrons. The van der Waals surface area contributed by atoms with Gasteiger partial charge in [0.1, 0.15) is 12.1 Å². The van der Waals surface area contributed by atoms with Crippen molar-refractivity contribution < 1.29 is 0 Å². The Labute approximate surface area is 112 Å². The van der Waals surface area contributed by atoms with Gasteiger partial charge < -0.3 is 10.6 Å². The van der Waals surface area contributed by atoms with Crippen molar-refractivity contribution >= 4 is 11.8 Å². The number of rotatable bonds is 6. The quantitative estimate of drug-likeness (QED) is 0.825. The Kier molecular flexibility index (Phi) is 4.60. The highest BCUT2D eigenvalue weighted by Gasteiger charge is 2.03. The molecular weight excluding hydrogens is 240 g/mol. The summed E-state index contributed by atoms with van der Waals surface area (Å²) in [5, 5.41) is 6.44. The molecule has 0 fully saturated rings. The summed E-state index contributed by atoms with van der Waals surface area (Å²) in [7, 11) is 0. The van der Waals surface area contributed by atoms with E-state index in [1.165, 1.54) is 6.33 Å². The first-order valence-corrected chi connectivity index (χ1v) is 6.36. The molecule has 0 spiro atoms. The summed E-state index contributed by atoms with van der Waals surface area (Å²) >= 11 is 0. The van der Waals surface area contributed by atoms with Gasteiger partial charge >= 0.3 is 0 Å². The van der Waals surface area contributed by atoms with Gasteiger partial charge in [0, 0.05) is 24.5 Å². The van der Waals surface area contributed by atoms with Gasteiger partial charge in [0.25, 0.3) is 0 Å². The molecule has 0 aliphatic carbocycles. The third-order valence-corrected chi connectivity index (χ3v) is 2.58. The van der Waals surface area contributed by atoms with Crippen LogP contribution in [0.15, 0.2) is 24.8 Å². The molecule has 0 saturated heterocycles. The molecule has 0 aromatic carbocycles. The predicted molar refractivity (Wildman–Crippen MR) is 74.9 cm³/mol. The molecule has 2 aromatic rings. The van der Waals surface area contributed by atoms with Crippen LogP contribution in [0.1, 0.15) is 24.6 Å². The summed E-state index contributed by atoms with van der Waals surface area (Å²) in [6.45, 7) is 5.57. The molecule has 0 unspecified atom stereocenters. The van der Waals surface area contributed by atoms with Gasteiger partial charge in [0.15, 0.2) is 0 Å². The highest BCUT2D eigenvalue weighted by molar-refractivity contribution is 5.46. The fraction of sp³-hybridized carbons (Fsp3) is 0.385. The molecule has 0 bridgehead atoms. The van der Waals surface area contributed by atoms with E-state index in [0.717, 1.165) is 30.0 Å². The van der Waals surface area contributed by atoms with Crippen LogP contribution in [-0.4, -0.2) is 26.5 Å². The first-order chi connectivity index (χ1) is 9.29. The lowest BCUT2D eigenvalue weighted by molar-refractivity contribution is 0.942. The molecule has 0 saturated carbocycles. The lowest BCUT2D eigenvalue weighted by Gasteiger charge is -2.10. The second kappa shape index (κ2) is 6.63. The molecule has 0 aliphatic heterocycles. The minimum absolute atomic E-state index is 0.619. The molecule has 0 aliphatic rings. The van der Waals surface area contributed by atoms with Crippen LogP contribution in [0, 0.1) is 6.92 Å². The zero-order valence-corrected chi connectivity index (χ0v) is 11.2. The topological polar surface area (TPSA) is 75.6 Å². The molecule has 100 valence electrons. The molecule has 6 heteroatoms. The first kappa shape index (κ1) is 13.2. The van der Waals surface area contributed by atoms with Gasteiger partial charge in [-0.25, -0.2) is 15.0 Å². The lowest BCUT2D eigenvalue weighted by Crippen LogP contribution is -2.09. The largest absolute Gasteiger partial charge is 0.364 e. The number of nitrogens with zero attached hydrogens (tertiary/aromatic N) is 4. The minimum atomic E-state index is 0.619. The van der Waals surface area contributed by atoms with Crippen molar-refractivity contribution in [2.75, 3.05) is 17.2 Å². The Balaban J connectivity index is 2.02. The van der Waals surface area contributed by atoms with E-state index in [0.29, 0.717) is 12.5 Å². The molecule has 6 nitrogen and oxygen atoms in total. The molecular formula is C13H18N6. The average molecular weight is 258 g/mol. The van der Waals surface area contributed by atoms with E-state index in [2.05, 4.69) is 37.5 Å². The van der Waals surface area contributed by atoms with Crippen molar-refractivity contribution in [3.63, 3.8) is 0 Å². The van der Waals surface area contributed by atoms with Gasteiger partial charge in [-0.05, 0) is 19.4 Å². The van der Waals surface area contributed by atoms with Crippen molar-refractivity contribution in [1.82, 2.24) is 19.9 Å². The Bertz CT molecular complexity index is 514. The van der Waals surface area contributed by atoms with E-state index in [4.69, 9.17) is 0 Å². The fourth-order valence-corrected chi connectivity index (χ4v) is 1.54. The minimum Gasteiger partial charge on any atom is -0.364 e. The van der Waals surface area contributed by atoms with Gasteiger partial charge in [0.05, 0.1) is 12.2 Å². The average Bonchev–Trinajstić information content (AvgIpc) is 2.46. The zero-order chi connectivity index (χ0) is 13.5. The predicted octanol–water partition coefficient (Wildman–Crippen LogP) is 2.01. The van der Waals surface area contributed by atoms with Crippen LogP contribution in [0.4, 0.5) is 11.8 Å². The summed E-state index contributed by atoms with van der Waals surface area (Å²) in [6, 6.07) is 1.87. The van der Waals surface area contributed by atoms with Gasteiger partial charge in [-0.1, -0.05) is 6.92 Å². The van der Waals surface area contributed by atoms with Gasteiger partial charge in [-0.15, -0.1) is 0 Å². The maximum Gasteiger partial charge on any atom is 0.224 e. The molecule has 2 heterocycles. The van der Waals surface area contributed by atoms with Crippen LogP contribution >= 0.6 is 0 Å². The molecule has 0 amide bonds. The molecule has 2 aromatic heterocycles. The Morgan fingerprint density at radius 3 is 2.84 bits per heavy atom. The summed E-state index contributed by atoms with van der Waals surface area (Å²) < 4.78 is 0. The maximum atomic E-state index is 4.45. The fourth-order valence-electron chi connectivity index (χ4n) is 1.54. The van der Waals surface area contributed by atoms with Crippen molar-refractivity contribution in [1.29, 1.82) is 0 Å². The highest BCUT2D eigenvalue weighted by Crippen LogP contribution is 2.13. The van der Waals surface area contributed by atoms with Gasteiger partial charge in [-0.2, -0.15) is 4.98 Å². The van der Waals surface area contributed by atoms with Gasteiger partial charge in [0.2, 0.25) is 5.95 Å². The van der Waals surface area contributed by atoms with E-state index >= 15 is 0 Å². The molecule has 19 heavy (non-hydrogen) atoms. The summed E-state index contributed by atoms with van der Waals surface area (Å²) in [4.78, 5) is 16.7. The molecule has 0 atom stereocenters. The van der Waals surface area contributed by atoms with Crippen LogP contribution < -0.4 is 10.6 Å². The van der Waals surface area contributed by atoms with E-state index < -0.39 is 0 Å². The lowest BCUT2D eigenvalue weighted by atomic mass is 10.3. The Hall–Kier alpha value is -2.24. The number of aryl methyl sites for hydroxylation is 1. The smallest absolute Gasteiger partial charge is 0.224 e. The van der Waals surface area contributed by atoms with Crippen LogP contribution in [0.5, 0.6) is 0 Å². The molecule has 2 N–H and O–H groups in total. The summed E-state index contributed by atoms with van der Waals surface area (Å²) in [6.07, 6.45) is 6.12. The number of anilines is 2. The van der Waals surface area contributed by atoms with Crippen molar-refractivity contribution in [3.8, 4) is 0 Å². The standard InChI is InChI=1S/C13H18N6/c1-3-5-15-13-17-7-10(2)12(19-13)16-8-11-4-6-14-9-18-11/h4,6-7,9H,3,5,8H2,1-2H3,(H2,15,16,17,19). The van der Waals surface area contributed by atoms with Gasteiger partial charge in [-0.3, -0.25) is 0 Å². The van der Waals surface area contributed by atoms with Crippen LogP contribution in [-0.2, 0) is 6.54 Å². The number of hydrogen-bond donors (Lipinski definition) is 2. The normalized spacial score (nSPS) is 10.2. The third-order valence-electron chi connectivity index (χ3n) is 2.58. The Morgan fingerprint density at radius 1 is 1.21 bits per heavy atom. The molecule has 2 rings (SSSR count). The SMILES string of the molecule is CCCNc1ncc(C)c(NCc2ccncn2)n1. The maximum absolute atomic E-state index is 4.45. The van der Waals surface area contributed by atoms with Crippen molar-refractivity contribution in [2.45, 2.75) is 26.8 Å². The number of hydrogen-bond acceptors (Lipinski definition) is 6. The summed E-state index contributed by atoms with van der Waals surface area (Å²) in [5.74, 6) is 1.48. The monoisotopic (exact) mass is 258 g/mol. The number of nitrogens with one attached hydrogen (secondary N) is 2. The highest BCUT2D eigenvalue weighted by atomic mass is 15.1. The summed E-state index contributed by atoms with van der Waals surface area (Å²) in [5.41, 5.74) is 1.94.